The van der Waals surface area contributed by atoms with Crippen LogP contribution in [0, 0.1) is 5.92 Å². The largest absolute Gasteiger partial charge is 0.392 e. The molecule has 7 atom stereocenters. The zero-order valence-corrected chi connectivity index (χ0v) is 19.3. The van der Waals surface area contributed by atoms with Gasteiger partial charge in [-0.1, -0.05) is 36.4 Å². The second-order valence-electron chi connectivity index (χ2n) is 11.1. The summed E-state index contributed by atoms with van der Waals surface area (Å²) in [6, 6.07) is 10.0. The van der Waals surface area contributed by atoms with Crippen LogP contribution in [0.4, 0.5) is 0 Å². The van der Waals surface area contributed by atoms with Gasteiger partial charge in [0.2, 0.25) is 0 Å². The van der Waals surface area contributed by atoms with Crippen LogP contribution in [0.25, 0.3) is 0 Å². The summed E-state index contributed by atoms with van der Waals surface area (Å²) in [6.07, 6.45) is 12.0. The van der Waals surface area contributed by atoms with Crippen molar-refractivity contribution in [3.05, 3.63) is 59.3 Å². The highest BCUT2D eigenvalue weighted by Gasteiger charge is 2.57. The first-order valence-corrected chi connectivity index (χ1v) is 12.6. The number of fused-ring (bicyclic) bond motifs is 1. The number of hydrogen-bond acceptors (Lipinski definition) is 5. The number of likely N-dealkylation sites (tertiary alicyclic amines) is 1. The van der Waals surface area contributed by atoms with Crippen molar-refractivity contribution in [3.8, 4) is 0 Å². The fourth-order valence-corrected chi connectivity index (χ4v) is 7.14. The molecule has 3 unspecified atom stereocenters. The Labute approximate surface area is 192 Å². The maximum atomic E-state index is 11.0. The first-order chi connectivity index (χ1) is 15.5. The molecule has 5 aliphatic rings. The Bertz CT molecular complexity index is 911. The van der Waals surface area contributed by atoms with Crippen molar-refractivity contribution in [2.75, 3.05) is 33.2 Å². The normalized spacial score (nSPS) is 41.6. The van der Waals surface area contributed by atoms with E-state index in [1.165, 1.54) is 49.1 Å². The minimum atomic E-state index is -0.364. The Morgan fingerprint density at radius 3 is 2.72 bits per heavy atom. The summed E-state index contributed by atoms with van der Waals surface area (Å²) in [5.74, 6) is 0.975. The summed E-state index contributed by atoms with van der Waals surface area (Å²) in [4.78, 5) is 4.93. The zero-order valence-electron chi connectivity index (χ0n) is 19.3. The molecule has 1 aromatic rings. The minimum Gasteiger partial charge on any atom is -0.392 e. The maximum absolute atomic E-state index is 11.0. The molecule has 6 rings (SSSR count). The van der Waals surface area contributed by atoms with Crippen LogP contribution < -0.4 is 11.1 Å². The molecule has 5 nitrogen and oxygen atoms in total. The fourth-order valence-electron chi connectivity index (χ4n) is 7.14. The smallest absolute Gasteiger partial charge is 0.0625 e. The van der Waals surface area contributed by atoms with Gasteiger partial charge in [0, 0.05) is 48.7 Å². The van der Waals surface area contributed by atoms with Gasteiger partial charge in [-0.2, -0.15) is 0 Å². The first-order valence-electron chi connectivity index (χ1n) is 12.6. The lowest BCUT2D eigenvalue weighted by Crippen LogP contribution is -2.53. The Morgan fingerprint density at radius 2 is 2.03 bits per heavy atom. The van der Waals surface area contributed by atoms with Crippen LogP contribution in [0.1, 0.15) is 49.1 Å². The number of hydrogen-bond donors (Lipinski definition) is 3. The molecular weight excluding hydrogens is 396 g/mol. The van der Waals surface area contributed by atoms with E-state index in [4.69, 9.17) is 5.73 Å². The number of nitrogens with two attached hydrogens (primary N) is 1. The summed E-state index contributed by atoms with van der Waals surface area (Å²) < 4.78 is 0. The van der Waals surface area contributed by atoms with Crippen molar-refractivity contribution in [1.82, 2.24) is 15.1 Å². The predicted molar refractivity (Wildman–Crippen MR) is 128 cm³/mol. The molecule has 0 amide bonds. The number of nitrogens with one attached hydrogen (secondary N) is 1. The molecule has 0 spiro atoms. The lowest BCUT2D eigenvalue weighted by atomic mass is 9.76. The Morgan fingerprint density at radius 1 is 1.19 bits per heavy atom. The van der Waals surface area contributed by atoms with Gasteiger partial charge in [-0.3, -0.25) is 4.90 Å². The average molecular weight is 435 g/mol. The second kappa shape index (κ2) is 7.98. The maximum Gasteiger partial charge on any atom is 0.0625 e. The molecule has 32 heavy (non-hydrogen) atoms. The molecule has 1 aromatic carbocycles. The number of piperidine rings is 1. The Hall–Kier alpha value is -1.66. The van der Waals surface area contributed by atoms with Crippen molar-refractivity contribution in [2.24, 2.45) is 11.7 Å². The highest BCUT2D eigenvalue weighted by Crippen LogP contribution is 2.56. The van der Waals surface area contributed by atoms with Crippen LogP contribution in [-0.2, 0) is 5.41 Å². The van der Waals surface area contributed by atoms with Crippen molar-refractivity contribution in [3.63, 3.8) is 0 Å². The van der Waals surface area contributed by atoms with Gasteiger partial charge in [-0.15, -0.1) is 0 Å². The van der Waals surface area contributed by atoms with E-state index in [0.29, 0.717) is 17.9 Å². The van der Waals surface area contributed by atoms with Gasteiger partial charge >= 0.3 is 0 Å². The van der Waals surface area contributed by atoms with E-state index in [1.807, 2.05) is 0 Å². The molecule has 172 valence electrons. The van der Waals surface area contributed by atoms with Crippen LogP contribution in [0.3, 0.4) is 0 Å². The number of likely N-dealkylation sites (N-methyl/N-ethyl adjacent to an activating group) is 1. The molecule has 2 saturated carbocycles. The Balaban J connectivity index is 1.20. The second-order valence-corrected chi connectivity index (χ2v) is 11.1. The van der Waals surface area contributed by atoms with E-state index in [2.05, 4.69) is 64.8 Å². The van der Waals surface area contributed by atoms with Crippen molar-refractivity contribution in [1.29, 1.82) is 0 Å². The summed E-state index contributed by atoms with van der Waals surface area (Å²) in [5.41, 5.74) is 11.2. The average Bonchev–Trinajstić information content (AvgIpc) is 3.12. The molecule has 0 bridgehead atoms. The lowest BCUT2D eigenvalue weighted by Gasteiger charge is -2.44. The van der Waals surface area contributed by atoms with Gasteiger partial charge in [-0.05, 0) is 74.9 Å². The van der Waals surface area contributed by atoms with Crippen LogP contribution in [-0.4, -0.2) is 72.4 Å². The number of rotatable bonds is 4. The van der Waals surface area contributed by atoms with E-state index in [9.17, 15) is 5.11 Å². The summed E-state index contributed by atoms with van der Waals surface area (Å²) >= 11 is 0. The van der Waals surface area contributed by atoms with Crippen LogP contribution >= 0.6 is 0 Å². The summed E-state index contributed by atoms with van der Waals surface area (Å²) in [6.45, 7) is 4.38. The van der Waals surface area contributed by atoms with E-state index in [1.54, 1.807) is 0 Å². The standard InChI is InChI=1S/C27H38N4O/c1-30-10-3-5-24(30)19-4-2-11-31(16-19)25-12-22(26(32)13-23(25)28)18-6-8-20(9-7-18)27-14-21(27)15-29-17-27/h2,4,6-9,16,21-26,29,32H,3,5,10-15,17,28H2,1H3/t21-,22?,23?,24?,25-,26-,27+/m1/s1. The fraction of sp³-hybridized carbons (Fsp3) is 0.630. The third-order valence-corrected chi connectivity index (χ3v) is 9.22. The molecule has 4 N–H and O–H groups in total. The molecule has 2 saturated heterocycles. The monoisotopic (exact) mass is 434 g/mol. The van der Waals surface area contributed by atoms with Gasteiger partial charge in [0.25, 0.3) is 0 Å². The molecule has 0 radical (unpaired) electrons. The van der Waals surface area contributed by atoms with Crippen LogP contribution in [0.15, 0.2) is 48.2 Å². The highest BCUT2D eigenvalue weighted by atomic mass is 16.3. The van der Waals surface area contributed by atoms with E-state index < -0.39 is 0 Å². The first kappa shape index (κ1) is 20.9. The van der Waals surface area contributed by atoms with Crippen molar-refractivity contribution >= 4 is 0 Å². The van der Waals surface area contributed by atoms with Gasteiger partial charge in [0.15, 0.2) is 0 Å². The SMILES string of the molecule is CN1CCCC1C1=CN([C@@H]2CC(c3ccc([C@]45CNC[C@H]4C5)cc3)[C@H](O)CC2N)CC=C1. The zero-order chi connectivity index (χ0) is 21.9. The molecule has 3 heterocycles. The lowest BCUT2D eigenvalue weighted by molar-refractivity contribution is 0.0580. The van der Waals surface area contributed by atoms with E-state index in [-0.39, 0.29) is 24.1 Å². The van der Waals surface area contributed by atoms with Gasteiger partial charge in [0.1, 0.15) is 0 Å². The third kappa shape index (κ3) is 3.45. The molecule has 5 heteroatoms. The quantitative estimate of drug-likeness (QED) is 0.679. The van der Waals surface area contributed by atoms with Gasteiger partial charge < -0.3 is 21.1 Å². The van der Waals surface area contributed by atoms with Crippen molar-refractivity contribution < 1.29 is 5.11 Å². The molecule has 4 fully saturated rings. The molecule has 0 aromatic heterocycles. The third-order valence-electron chi connectivity index (χ3n) is 9.22. The molecule has 3 aliphatic heterocycles. The number of benzene rings is 1. The summed E-state index contributed by atoms with van der Waals surface area (Å²) in [7, 11) is 2.23. The van der Waals surface area contributed by atoms with E-state index in [0.717, 1.165) is 25.4 Å². The number of aliphatic hydroxyl groups is 1. The Kier molecular flexibility index (Phi) is 5.22. The minimum absolute atomic E-state index is 0.00139. The number of nitrogens with zero attached hydrogens (tertiary/aromatic N) is 2. The van der Waals surface area contributed by atoms with Crippen molar-refractivity contribution in [2.45, 2.75) is 67.7 Å². The van der Waals surface area contributed by atoms with Crippen LogP contribution in [0.2, 0.25) is 0 Å². The van der Waals surface area contributed by atoms with Crippen LogP contribution in [0.5, 0.6) is 0 Å². The van der Waals surface area contributed by atoms with Gasteiger partial charge in [-0.25, -0.2) is 0 Å². The molecular formula is C27H38N4O. The number of aliphatic hydroxyl groups excluding tert-OH is 1. The topological polar surface area (TPSA) is 64.8 Å². The summed E-state index contributed by atoms with van der Waals surface area (Å²) in [5, 5.41) is 14.5. The van der Waals surface area contributed by atoms with Gasteiger partial charge in [0.05, 0.1) is 6.10 Å². The predicted octanol–water partition coefficient (Wildman–Crippen LogP) is 2.33. The molecule has 2 aliphatic carbocycles. The van der Waals surface area contributed by atoms with E-state index >= 15 is 0 Å². The highest BCUT2D eigenvalue weighted by molar-refractivity contribution is 5.39.